The lowest BCUT2D eigenvalue weighted by atomic mass is 10.1. The van der Waals surface area contributed by atoms with Gasteiger partial charge < -0.3 is 14.5 Å². The number of nitrogens with zero attached hydrogens (tertiary/aromatic N) is 6. The number of nitrogens with one attached hydrogen (secondary N) is 1. The summed E-state index contributed by atoms with van der Waals surface area (Å²) >= 11 is 0.704. The van der Waals surface area contributed by atoms with Crippen molar-refractivity contribution < 1.29 is 26.7 Å². The number of alkyl halides is 2. The van der Waals surface area contributed by atoms with Crippen LogP contribution in [0.1, 0.15) is 58.9 Å². The summed E-state index contributed by atoms with van der Waals surface area (Å²) < 4.78 is 63.1. The Morgan fingerprint density at radius 3 is 2.56 bits per heavy atom. The van der Waals surface area contributed by atoms with Crippen LogP contribution >= 0.6 is 11.3 Å². The molecule has 0 spiro atoms. The van der Waals surface area contributed by atoms with Crippen LogP contribution in [-0.4, -0.2) is 75.8 Å². The summed E-state index contributed by atoms with van der Waals surface area (Å²) in [6.45, 7) is 10.4. The average molecular weight is 584 g/mol. The van der Waals surface area contributed by atoms with Gasteiger partial charge in [-0.2, -0.15) is 0 Å². The van der Waals surface area contributed by atoms with Crippen LogP contribution < -0.4 is 9.62 Å². The van der Waals surface area contributed by atoms with Gasteiger partial charge in [-0.1, -0.05) is 11.3 Å². The molecule has 1 saturated heterocycles. The Balaban J connectivity index is 1.55. The number of sulfonamides is 1. The minimum absolute atomic E-state index is 0.0118. The Morgan fingerprint density at radius 1 is 1.26 bits per heavy atom. The second-order valence-electron chi connectivity index (χ2n) is 11.3. The molecular formula is C24H31F2N7O4S2. The highest BCUT2D eigenvalue weighted by Gasteiger charge is 2.42. The van der Waals surface area contributed by atoms with Crippen LogP contribution in [0.2, 0.25) is 0 Å². The topological polar surface area (TPSA) is 122 Å². The van der Waals surface area contributed by atoms with Crippen molar-refractivity contribution in [3.8, 4) is 10.8 Å². The molecule has 0 radical (unpaired) electrons. The van der Waals surface area contributed by atoms with Crippen molar-refractivity contribution in [2.75, 3.05) is 24.5 Å². The fourth-order valence-corrected chi connectivity index (χ4v) is 6.66. The first kappa shape index (κ1) is 27.6. The Morgan fingerprint density at radius 2 is 1.97 bits per heavy atom. The Labute approximate surface area is 229 Å². The van der Waals surface area contributed by atoms with Crippen LogP contribution in [0.3, 0.4) is 0 Å². The number of carbonyl (C=O) groups excluding carboxylic acids is 1. The van der Waals surface area contributed by atoms with E-state index in [9.17, 15) is 22.0 Å². The molecule has 5 rings (SSSR count). The predicted molar refractivity (Wildman–Crippen MR) is 142 cm³/mol. The monoisotopic (exact) mass is 583 g/mol. The highest BCUT2D eigenvalue weighted by atomic mass is 32.2. The second-order valence-corrected chi connectivity index (χ2v) is 14.0. The molecule has 0 unspecified atom stereocenters. The maximum atomic E-state index is 13.4. The quantitative estimate of drug-likeness (QED) is 0.461. The zero-order valence-electron chi connectivity index (χ0n) is 22.3. The third-order valence-corrected chi connectivity index (χ3v) is 9.22. The molecule has 0 bridgehead atoms. The molecule has 212 valence electrons. The summed E-state index contributed by atoms with van der Waals surface area (Å²) in [5.74, 6) is 0.213. The number of hydrogen-bond donors (Lipinski definition) is 1. The lowest BCUT2D eigenvalue weighted by Crippen LogP contribution is -2.54. The van der Waals surface area contributed by atoms with Crippen molar-refractivity contribution in [1.29, 1.82) is 0 Å². The number of anilines is 1. The first-order chi connectivity index (χ1) is 18.2. The van der Waals surface area contributed by atoms with Crippen molar-refractivity contribution in [3.63, 3.8) is 0 Å². The SMILES string of the molecule is C[C@@H]1CN(C(=O)OC(C)(C)C)CCN1c1cc(S(=O)(=O)NC2(C)CC2)cn2c(-c3nnc(C(F)F)s3)ncc12. The molecule has 15 heteroatoms. The van der Waals surface area contributed by atoms with Crippen LogP contribution in [0, 0.1) is 0 Å². The minimum atomic E-state index is -3.92. The van der Waals surface area contributed by atoms with Gasteiger partial charge in [-0.15, -0.1) is 10.2 Å². The molecule has 1 aliphatic heterocycles. The first-order valence-electron chi connectivity index (χ1n) is 12.6. The van der Waals surface area contributed by atoms with Crippen molar-refractivity contribution in [3.05, 3.63) is 23.5 Å². The van der Waals surface area contributed by atoms with Crippen molar-refractivity contribution in [1.82, 2.24) is 29.2 Å². The Bertz CT molecular complexity index is 1510. The number of halogens is 2. The summed E-state index contributed by atoms with van der Waals surface area (Å²) in [6.07, 6.45) is 1.29. The lowest BCUT2D eigenvalue weighted by molar-refractivity contribution is 0.0219. The van der Waals surface area contributed by atoms with Crippen LogP contribution in [0.15, 0.2) is 23.4 Å². The predicted octanol–water partition coefficient (Wildman–Crippen LogP) is 4.07. The largest absolute Gasteiger partial charge is 0.444 e. The maximum absolute atomic E-state index is 13.4. The van der Waals surface area contributed by atoms with Crippen LogP contribution in [0.25, 0.3) is 16.3 Å². The number of aromatic nitrogens is 4. The van der Waals surface area contributed by atoms with E-state index in [4.69, 9.17) is 4.74 Å². The van der Waals surface area contributed by atoms with Gasteiger partial charge in [-0.05, 0) is 53.5 Å². The Kier molecular flexibility index (Phi) is 6.82. The first-order valence-corrected chi connectivity index (χ1v) is 14.9. The zero-order chi connectivity index (χ0) is 28.3. The number of ether oxygens (including phenoxy) is 1. The average Bonchev–Trinajstić information content (AvgIpc) is 3.22. The number of amides is 1. The van der Waals surface area contributed by atoms with Gasteiger partial charge in [0.05, 0.1) is 17.4 Å². The van der Waals surface area contributed by atoms with E-state index in [2.05, 4.69) is 19.9 Å². The standard InChI is InChI=1S/C24H31F2N7O4S2/c1-14-12-31(22(34)37-23(2,3)4)8-9-32(14)16-10-15(39(35,36)30-24(5)6-7-24)13-33-17(16)11-27-19(33)21-29-28-20(38-21)18(25)26/h10-11,13-14,18,30H,6-9,12H2,1-5H3/t14-/m1/s1. The number of carbonyl (C=O) groups is 1. The summed E-state index contributed by atoms with van der Waals surface area (Å²) in [5.41, 5.74) is 0.0459. The molecule has 1 aliphatic carbocycles. The van der Waals surface area contributed by atoms with E-state index in [-0.39, 0.29) is 21.8 Å². The van der Waals surface area contributed by atoms with Gasteiger partial charge >= 0.3 is 6.09 Å². The van der Waals surface area contributed by atoms with Crippen LogP contribution in [0.4, 0.5) is 19.3 Å². The van der Waals surface area contributed by atoms with E-state index in [1.165, 1.54) is 6.20 Å². The molecule has 1 N–H and O–H groups in total. The fourth-order valence-electron chi connectivity index (χ4n) is 4.48. The van der Waals surface area contributed by atoms with Gasteiger partial charge in [0.2, 0.25) is 10.0 Å². The van der Waals surface area contributed by atoms with Gasteiger partial charge in [-0.25, -0.2) is 31.7 Å². The van der Waals surface area contributed by atoms with Crippen molar-refractivity contribution in [2.24, 2.45) is 0 Å². The molecule has 3 aromatic rings. The number of hydrogen-bond acceptors (Lipinski definition) is 9. The van der Waals surface area contributed by atoms with Gasteiger partial charge in [0.1, 0.15) is 10.5 Å². The summed E-state index contributed by atoms with van der Waals surface area (Å²) in [6, 6.07) is 1.41. The highest BCUT2D eigenvalue weighted by Crippen LogP contribution is 2.38. The molecule has 1 saturated carbocycles. The number of fused-ring (bicyclic) bond motifs is 1. The molecule has 1 amide bonds. The van der Waals surface area contributed by atoms with Crippen molar-refractivity contribution in [2.45, 2.75) is 76.0 Å². The maximum Gasteiger partial charge on any atom is 0.410 e. The molecule has 0 aromatic carbocycles. The molecule has 1 atom stereocenters. The van der Waals surface area contributed by atoms with Gasteiger partial charge in [-0.3, -0.25) is 4.40 Å². The van der Waals surface area contributed by atoms with E-state index in [1.54, 1.807) is 21.6 Å². The number of rotatable bonds is 6. The molecule has 39 heavy (non-hydrogen) atoms. The lowest BCUT2D eigenvalue weighted by Gasteiger charge is -2.41. The van der Waals surface area contributed by atoms with Gasteiger partial charge in [0.15, 0.2) is 15.8 Å². The highest BCUT2D eigenvalue weighted by molar-refractivity contribution is 7.89. The Hall–Kier alpha value is -2.91. The normalized spacial score (nSPS) is 19.6. The van der Waals surface area contributed by atoms with E-state index < -0.39 is 38.7 Å². The second kappa shape index (κ2) is 9.63. The number of pyridine rings is 1. The van der Waals surface area contributed by atoms with Crippen LogP contribution in [0.5, 0.6) is 0 Å². The molecular weight excluding hydrogens is 552 g/mol. The summed E-state index contributed by atoms with van der Waals surface area (Å²) in [4.78, 5) is 20.7. The van der Waals surface area contributed by atoms with Gasteiger partial charge in [0, 0.05) is 37.4 Å². The molecule has 2 aliphatic rings. The van der Waals surface area contributed by atoms with E-state index in [0.29, 0.717) is 42.2 Å². The third-order valence-electron chi connectivity index (χ3n) is 6.69. The number of piperazine rings is 1. The van der Waals surface area contributed by atoms with Crippen LogP contribution in [-0.2, 0) is 14.8 Å². The smallest absolute Gasteiger partial charge is 0.410 e. The molecule has 11 nitrogen and oxygen atoms in total. The summed E-state index contributed by atoms with van der Waals surface area (Å²) in [7, 11) is -3.92. The number of imidazole rings is 1. The van der Waals surface area contributed by atoms with E-state index in [0.717, 1.165) is 12.8 Å². The zero-order valence-corrected chi connectivity index (χ0v) is 23.9. The molecule has 4 heterocycles. The summed E-state index contributed by atoms with van der Waals surface area (Å²) in [5, 5.41) is 7.14. The third kappa shape index (κ3) is 5.70. The van der Waals surface area contributed by atoms with E-state index >= 15 is 0 Å². The fraction of sp³-hybridized carbons (Fsp3) is 0.583. The van der Waals surface area contributed by atoms with Gasteiger partial charge in [0.25, 0.3) is 6.43 Å². The molecule has 3 aromatic heterocycles. The van der Waals surface area contributed by atoms with Crippen molar-refractivity contribution >= 4 is 38.7 Å². The minimum Gasteiger partial charge on any atom is -0.444 e. The van der Waals surface area contributed by atoms with E-state index in [1.807, 2.05) is 39.5 Å². The molecule has 2 fully saturated rings.